The van der Waals surface area contributed by atoms with Crippen LogP contribution in [-0.2, 0) is 11.2 Å². The second-order valence-corrected chi connectivity index (χ2v) is 8.13. The van der Waals surface area contributed by atoms with Gasteiger partial charge in [0.1, 0.15) is 11.6 Å². The van der Waals surface area contributed by atoms with E-state index >= 15 is 0 Å². The van der Waals surface area contributed by atoms with Crippen LogP contribution in [0.3, 0.4) is 0 Å². The van der Waals surface area contributed by atoms with Crippen molar-refractivity contribution in [3.63, 3.8) is 0 Å². The van der Waals surface area contributed by atoms with Gasteiger partial charge in [0.15, 0.2) is 0 Å². The van der Waals surface area contributed by atoms with Crippen molar-refractivity contribution in [2.75, 3.05) is 13.1 Å². The predicted molar refractivity (Wildman–Crippen MR) is 121 cm³/mol. The summed E-state index contributed by atoms with van der Waals surface area (Å²) in [7, 11) is 0. The van der Waals surface area contributed by atoms with Crippen LogP contribution in [0, 0.1) is 11.7 Å². The minimum atomic E-state index is -0.792. The molecule has 0 radical (unpaired) electrons. The lowest BCUT2D eigenvalue weighted by Gasteiger charge is -2.26. The zero-order valence-corrected chi connectivity index (χ0v) is 18.6. The van der Waals surface area contributed by atoms with Crippen molar-refractivity contribution in [1.29, 1.82) is 0 Å². The van der Waals surface area contributed by atoms with Gasteiger partial charge in [-0.3, -0.25) is 14.4 Å². The molecule has 176 valence electrons. The number of aliphatic carboxylic acids is 1. The Kier molecular flexibility index (Phi) is 8.40. The maximum atomic E-state index is 14.5. The number of aryl methyl sites for hydroxylation is 1. The summed E-state index contributed by atoms with van der Waals surface area (Å²) in [6.45, 7) is 2.40. The fourth-order valence-corrected chi connectivity index (χ4v) is 3.81. The van der Waals surface area contributed by atoms with Crippen LogP contribution in [0.2, 0.25) is 0 Å². The van der Waals surface area contributed by atoms with Crippen LogP contribution in [0.15, 0.2) is 42.5 Å². The lowest BCUT2D eigenvalue weighted by Crippen LogP contribution is -2.35. The van der Waals surface area contributed by atoms with Gasteiger partial charge in [0.05, 0.1) is 17.6 Å². The summed E-state index contributed by atoms with van der Waals surface area (Å²) >= 11 is 0. The lowest BCUT2D eigenvalue weighted by molar-refractivity contribution is -0.143. The first-order chi connectivity index (χ1) is 15.9. The average Bonchev–Trinajstić information content (AvgIpc) is 2.82. The molecule has 1 fully saturated rings. The standard InChI is InChI=1S/C25H29FN2O5/c1-2-16-3-5-17(6-4-16)23(29)27-13-14-28-24(30)21-12-11-20(15-22(21)26)33-19-9-7-18(8-10-19)25(31)32/h3-6,11-12,15,18-19H,2,7-10,13-14H2,1H3,(H,27,29)(H,28,30)(H,31,32). The molecule has 33 heavy (non-hydrogen) atoms. The maximum absolute atomic E-state index is 14.5. The number of carboxylic acid groups (broad SMARTS) is 1. The van der Waals surface area contributed by atoms with Gasteiger partial charge < -0.3 is 20.5 Å². The fraction of sp³-hybridized carbons (Fsp3) is 0.400. The van der Waals surface area contributed by atoms with Gasteiger partial charge in [-0.1, -0.05) is 19.1 Å². The number of hydrogen-bond donors (Lipinski definition) is 3. The molecule has 8 heteroatoms. The summed E-state index contributed by atoms with van der Waals surface area (Å²) < 4.78 is 20.2. The topological polar surface area (TPSA) is 105 Å². The third kappa shape index (κ3) is 6.78. The van der Waals surface area contributed by atoms with Crippen molar-refractivity contribution in [2.45, 2.75) is 45.1 Å². The number of carbonyl (C=O) groups excluding carboxylic acids is 2. The largest absolute Gasteiger partial charge is 0.490 e. The Balaban J connectivity index is 1.43. The van der Waals surface area contributed by atoms with Crippen molar-refractivity contribution >= 4 is 17.8 Å². The number of ether oxygens (including phenoxy) is 1. The first kappa shape index (κ1) is 24.2. The van der Waals surface area contributed by atoms with E-state index in [1.165, 1.54) is 18.2 Å². The Hall–Kier alpha value is -3.42. The molecule has 0 spiro atoms. The van der Waals surface area contributed by atoms with Gasteiger partial charge in [-0.2, -0.15) is 0 Å². The summed E-state index contributed by atoms with van der Waals surface area (Å²) in [5.74, 6) is -2.35. The average molecular weight is 457 g/mol. The molecule has 0 aromatic heterocycles. The molecule has 0 bridgehead atoms. The van der Waals surface area contributed by atoms with Crippen LogP contribution < -0.4 is 15.4 Å². The van der Waals surface area contributed by atoms with Crippen LogP contribution in [0.5, 0.6) is 5.75 Å². The smallest absolute Gasteiger partial charge is 0.306 e. The Bertz CT molecular complexity index is 985. The number of benzene rings is 2. The van der Waals surface area contributed by atoms with E-state index in [2.05, 4.69) is 10.6 Å². The summed E-state index contributed by atoms with van der Waals surface area (Å²) in [6.07, 6.45) is 2.98. The molecule has 1 saturated carbocycles. The summed E-state index contributed by atoms with van der Waals surface area (Å²) in [6, 6.07) is 11.4. The molecule has 3 N–H and O–H groups in total. The number of carbonyl (C=O) groups is 3. The first-order valence-corrected chi connectivity index (χ1v) is 11.2. The Morgan fingerprint density at radius 2 is 1.61 bits per heavy atom. The van der Waals surface area contributed by atoms with E-state index < -0.39 is 17.7 Å². The highest BCUT2D eigenvalue weighted by atomic mass is 19.1. The maximum Gasteiger partial charge on any atom is 0.306 e. The van der Waals surface area contributed by atoms with Crippen LogP contribution in [0.1, 0.15) is 58.9 Å². The summed E-state index contributed by atoms with van der Waals surface area (Å²) in [4.78, 5) is 35.5. The van der Waals surface area contributed by atoms with Crippen molar-refractivity contribution in [1.82, 2.24) is 10.6 Å². The van der Waals surface area contributed by atoms with Crippen LogP contribution in [-0.4, -0.2) is 42.1 Å². The number of carboxylic acids is 1. The van der Waals surface area contributed by atoms with Gasteiger partial charge in [0.25, 0.3) is 11.8 Å². The molecule has 0 aliphatic heterocycles. The SMILES string of the molecule is CCc1ccc(C(=O)NCCNC(=O)c2ccc(OC3CCC(C(=O)O)CC3)cc2F)cc1. The Labute approximate surface area is 192 Å². The highest BCUT2D eigenvalue weighted by molar-refractivity contribution is 5.95. The van der Waals surface area contributed by atoms with Gasteiger partial charge in [-0.15, -0.1) is 0 Å². The zero-order valence-electron chi connectivity index (χ0n) is 18.6. The summed E-state index contributed by atoms with van der Waals surface area (Å²) in [5, 5.41) is 14.4. The van der Waals surface area contributed by atoms with Crippen LogP contribution in [0.25, 0.3) is 0 Å². The normalized spacial score (nSPS) is 17.8. The van der Waals surface area contributed by atoms with Crippen molar-refractivity contribution < 1.29 is 28.6 Å². The van der Waals surface area contributed by atoms with Gasteiger partial charge in [0.2, 0.25) is 0 Å². The van der Waals surface area contributed by atoms with Crippen molar-refractivity contribution in [3.8, 4) is 5.75 Å². The molecule has 0 atom stereocenters. The van der Waals surface area contributed by atoms with Crippen molar-refractivity contribution in [2.24, 2.45) is 5.92 Å². The van der Waals surface area contributed by atoms with Gasteiger partial charge in [-0.05, 0) is 61.9 Å². The molecule has 0 heterocycles. The van der Waals surface area contributed by atoms with E-state index in [0.717, 1.165) is 12.0 Å². The zero-order chi connectivity index (χ0) is 23.8. The molecule has 1 aliphatic rings. The monoisotopic (exact) mass is 456 g/mol. The third-order valence-corrected chi connectivity index (χ3v) is 5.83. The first-order valence-electron chi connectivity index (χ1n) is 11.2. The fourth-order valence-electron chi connectivity index (χ4n) is 3.81. The predicted octanol–water partition coefficient (Wildman–Crippen LogP) is 3.57. The third-order valence-electron chi connectivity index (χ3n) is 5.83. The molecular formula is C25H29FN2O5. The Morgan fingerprint density at radius 1 is 0.970 bits per heavy atom. The highest BCUT2D eigenvalue weighted by Crippen LogP contribution is 2.28. The van der Waals surface area contributed by atoms with E-state index in [1.54, 1.807) is 12.1 Å². The molecular weight excluding hydrogens is 427 g/mol. The molecule has 1 aliphatic carbocycles. The molecule has 2 aromatic carbocycles. The minimum Gasteiger partial charge on any atom is -0.490 e. The summed E-state index contributed by atoms with van der Waals surface area (Å²) in [5.41, 5.74) is 1.57. The van der Waals surface area contributed by atoms with E-state index in [9.17, 15) is 18.8 Å². The molecule has 0 unspecified atom stereocenters. The van der Waals surface area contributed by atoms with E-state index in [4.69, 9.17) is 9.84 Å². The molecule has 2 aromatic rings. The molecule has 2 amide bonds. The number of amides is 2. The molecule has 7 nitrogen and oxygen atoms in total. The quantitative estimate of drug-likeness (QED) is 0.501. The second kappa shape index (κ2) is 11.4. The number of hydrogen-bond acceptors (Lipinski definition) is 4. The van der Waals surface area contributed by atoms with Crippen LogP contribution >= 0.6 is 0 Å². The highest BCUT2D eigenvalue weighted by Gasteiger charge is 2.27. The lowest BCUT2D eigenvalue weighted by atomic mass is 9.87. The number of halogens is 1. The molecule has 3 rings (SSSR count). The van der Waals surface area contributed by atoms with Crippen LogP contribution in [0.4, 0.5) is 4.39 Å². The second-order valence-electron chi connectivity index (χ2n) is 8.13. The number of nitrogens with one attached hydrogen (secondary N) is 2. The van der Waals surface area contributed by atoms with Gasteiger partial charge >= 0.3 is 5.97 Å². The molecule has 0 saturated heterocycles. The van der Waals surface area contributed by atoms with Gasteiger partial charge in [-0.25, -0.2) is 4.39 Å². The number of rotatable bonds is 9. The van der Waals surface area contributed by atoms with E-state index in [1.807, 2.05) is 19.1 Å². The van der Waals surface area contributed by atoms with E-state index in [-0.39, 0.29) is 36.6 Å². The Morgan fingerprint density at radius 3 is 2.18 bits per heavy atom. The van der Waals surface area contributed by atoms with E-state index in [0.29, 0.717) is 37.0 Å². The van der Waals surface area contributed by atoms with Gasteiger partial charge in [0, 0.05) is 24.7 Å². The minimum absolute atomic E-state index is 0.113. The van der Waals surface area contributed by atoms with Crippen molar-refractivity contribution in [3.05, 3.63) is 65.0 Å².